The number of carbonyl (C=O) groups is 1. The van der Waals surface area contributed by atoms with Crippen molar-refractivity contribution in [3.8, 4) is 22.2 Å². The van der Waals surface area contributed by atoms with Gasteiger partial charge in [-0.2, -0.15) is 4.98 Å². The third-order valence-corrected chi connectivity index (χ3v) is 6.26. The Kier molecular flexibility index (Phi) is 7.38. The topological polar surface area (TPSA) is 158 Å². The summed E-state index contributed by atoms with van der Waals surface area (Å²) in [5, 5.41) is 11.5. The molecule has 0 atom stereocenters. The SMILES string of the molecule is CC(C)(C)OC(=O)Nc1nc(-c2ccccc2)c(Oc2ccnc(Nc3cccc(S(N)(=O)=O)c3)n2)s1. The molecule has 0 aliphatic carbocycles. The number of rotatable bonds is 7. The van der Waals surface area contributed by atoms with E-state index in [0.717, 1.165) is 16.9 Å². The summed E-state index contributed by atoms with van der Waals surface area (Å²) in [5.41, 5.74) is 1.04. The van der Waals surface area contributed by atoms with Crippen LogP contribution in [0.4, 0.5) is 21.6 Å². The van der Waals surface area contributed by atoms with Crippen molar-refractivity contribution in [1.29, 1.82) is 0 Å². The molecular formula is C24H24N6O5S2. The number of primary sulfonamides is 1. The molecule has 4 aromatic rings. The van der Waals surface area contributed by atoms with Gasteiger partial charge in [-0.15, -0.1) is 0 Å². The third-order valence-electron chi connectivity index (χ3n) is 4.50. The van der Waals surface area contributed by atoms with E-state index in [1.54, 1.807) is 39.0 Å². The highest BCUT2D eigenvalue weighted by atomic mass is 32.2. The fourth-order valence-corrected chi connectivity index (χ4v) is 4.43. The molecule has 1 amide bonds. The van der Waals surface area contributed by atoms with E-state index in [1.165, 1.54) is 18.3 Å². The second kappa shape index (κ2) is 10.5. The number of nitrogens with one attached hydrogen (secondary N) is 2. The van der Waals surface area contributed by atoms with Crippen molar-refractivity contribution in [3.63, 3.8) is 0 Å². The van der Waals surface area contributed by atoms with Gasteiger partial charge in [0.1, 0.15) is 11.3 Å². The van der Waals surface area contributed by atoms with Crippen LogP contribution in [-0.4, -0.2) is 35.1 Å². The number of hydrogen-bond donors (Lipinski definition) is 3. The van der Waals surface area contributed by atoms with Crippen molar-refractivity contribution >= 4 is 44.2 Å². The number of benzene rings is 2. The average molecular weight is 541 g/mol. The quantitative estimate of drug-likeness (QED) is 0.289. The predicted molar refractivity (Wildman–Crippen MR) is 141 cm³/mol. The van der Waals surface area contributed by atoms with Gasteiger partial charge in [0.05, 0.1) is 4.90 Å². The van der Waals surface area contributed by atoms with E-state index >= 15 is 0 Å². The zero-order valence-electron chi connectivity index (χ0n) is 20.1. The van der Waals surface area contributed by atoms with Crippen LogP contribution in [0.5, 0.6) is 10.9 Å². The normalized spacial score (nSPS) is 11.6. The largest absolute Gasteiger partial charge is 0.444 e. The van der Waals surface area contributed by atoms with E-state index in [0.29, 0.717) is 16.4 Å². The molecule has 0 fully saturated rings. The number of carbonyl (C=O) groups excluding carboxylic acids is 1. The highest BCUT2D eigenvalue weighted by molar-refractivity contribution is 7.89. The van der Waals surface area contributed by atoms with Crippen molar-refractivity contribution in [1.82, 2.24) is 15.0 Å². The lowest BCUT2D eigenvalue weighted by Crippen LogP contribution is -2.27. The van der Waals surface area contributed by atoms with Crippen LogP contribution in [0.1, 0.15) is 20.8 Å². The van der Waals surface area contributed by atoms with Crippen molar-refractivity contribution in [2.24, 2.45) is 5.14 Å². The molecule has 0 bridgehead atoms. The van der Waals surface area contributed by atoms with Gasteiger partial charge >= 0.3 is 6.09 Å². The zero-order chi connectivity index (χ0) is 26.6. The first-order valence-electron chi connectivity index (χ1n) is 10.9. The minimum Gasteiger partial charge on any atom is -0.444 e. The van der Waals surface area contributed by atoms with Crippen molar-refractivity contribution in [2.75, 3.05) is 10.6 Å². The number of nitrogens with zero attached hydrogens (tertiary/aromatic N) is 3. The zero-order valence-corrected chi connectivity index (χ0v) is 21.8. The van der Waals surface area contributed by atoms with Crippen LogP contribution in [0, 0.1) is 0 Å². The molecular weight excluding hydrogens is 516 g/mol. The number of anilines is 3. The molecule has 13 heteroatoms. The molecule has 0 saturated heterocycles. The molecule has 4 rings (SSSR count). The first-order chi connectivity index (χ1) is 17.5. The summed E-state index contributed by atoms with van der Waals surface area (Å²) in [5.74, 6) is 0.367. The molecule has 4 N–H and O–H groups in total. The number of hydrogen-bond acceptors (Lipinski definition) is 10. The number of ether oxygens (including phenoxy) is 2. The lowest BCUT2D eigenvalue weighted by atomic mass is 10.2. The summed E-state index contributed by atoms with van der Waals surface area (Å²) >= 11 is 1.11. The monoisotopic (exact) mass is 540 g/mol. The first-order valence-corrected chi connectivity index (χ1v) is 13.3. The lowest BCUT2D eigenvalue weighted by molar-refractivity contribution is 0.0636. The third kappa shape index (κ3) is 7.22. The molecule has 0 saturated carbocycles. The second-order valence-electron chi connectivity index (χ2n) is 8.67. The van der Waals surface area contributed by atoms with Crippen LogP contribution in [0.2, 0.25) is 0 Å². The van der Waals surface area contributed by atoms with Crippen LogP contribution in [0.25, 0.3) is 11.3 Å². The van der Waals surface area contributed by atoms with E-state index in [-0.39, 0.29) is 21.9 Å². The number of sulfonamides is 1. The Bertz CT molecular complexity index is 1520. The van der Waals surface area contributed by atoms with E-state index < -0.39 is 21.7 Å². The summed E-state index contributed by atoms with van der Waals surface area (Å²) < 4.78 is 34.6. The standard InChI is InChI=1S/C24H24N6O5S2/c1-24(2,3)35-23(31)30-22-29-19(15-8-5-4-6-9-15)20(36-22)34-18-12-13-26-21(28-18)27-16-10-7-11-17(14-16)37(25,32)33/h4-14H,1-3H3,(H2,25,32,33)(H,26,27,28)(H,29,30,31). The molecule has 2 aromatic heterocycles. The average Bonchev–Trinajstić information content (AvgIpc) is 3.20. The number of nitrogens with two attached hydrogens (primary N) is 1. The van der Waals surface area contributed by atoms with Crippen LogP contribution in [0.3, 0.4) is 0 Å². The maximum absolute atomic E-state index is 12.3. The molecule has 37 heavy (non-hydrogen) atoms. The van der Waals surface area contributed by atoms with Crippen LogP contribution >= 0.6 is 11.3 Å². The van der Waals surface area contributed by atoms with Crippen molar-refractivity contribution in [2.45, 2.75) is 31.3 Å². The first kappa shape index (κ1) is 26.0. The summed E-state index contributed by atoms with van der Waals surface area (Å²) in [6.45, 7) is 5.30. The van der Waals surface area contributed by atoms with E-state index in [1.807, 2.05) is 30.3 Å². The van der Waals surface area contributed by atoms with Gasteiger partial charge < -0.3 is 14.8 Å². The molecule has 2 aromatic carbocycles. The van der Waals surface area contributed by atoms with E-state index in [4.69, 9.17) is 14.6 Å². The molecule has 0 aliphatic heterocycles. The Morgan fingerprint density at radius 2 is 1.78 bits per heavy atom. The summed E-state index contributed by atoms with van der Waals surface area (Å²) in [4.78, 5) is 25.2. The number of aromatic nitrogens is 3. The fraction of sp³-hybridized carbons (Fsp3) is 0.167. The van der Waals surface area contributed by atoms with Gasteiger partial charge in [0.2, 0.25) is 26.9 Å². The molecule has 0 radical (unpaired) electrons. The van der Waals surface area contributed by atoms with Gasteiger partial charge in [-0.25, -0.2) is 28.3 Å². The molecule has 192 valence electrons. The Labute approximate surface area is 217 Å². The molecule has 0 unspecified atom stereocenters. The second-order valence-corrected chi connectivity index (χ2v) is 11.2. The van der Waals surface area contributed by atoms with Crippen LogP contribution in [-0.2, 0) is 14.8 Å². The van der Waals surface area contributed by atoms with Crippen molar-refractivity contribution < 1.29 is 22.7 Å². The molecule has 2 heterocycles. The molecule has 0 aliphatic rings. The summed E-state index contributed by atoms with van der Waals surface area (Å²) in [7, 11) is -3.86. The molecule has 11 nitrogen and oxygen atoms in total. The van der Waals surface area contributed by atoms with Gasteiger partial charge in [0, 0.05) is 23.5 Å². The maximum Gasteiger partial charge on any atom is 0.413 e. The van der Waals surface area contributed by atoms with Gasteiger partial charge in [-0.1, -0.05) is 47.7 Å². The van der Waals surface area contributed by atoms with Gasteiger partial charge in [-0.05, 0) is 39.0 Å². The van der Waals surface area contributed by atoms with Gasteiger partial charge in [0.25, 0.3) is 0 Å². The summed E-state index contributed by atoms with van der Waals surface area (Å²) in [6, 6.07) is 16.8. The minimum absolute atomic E-state index is 0.0490. The Balaban J connectivity index is 1.59. The predicted octanol–water partition coefficient (Wildman–Crippen LogP) is 5.13. The minimum atomic E-state index is -3.86. The fourth-order valence-electron chi connectivity index (χ4n) is 3.03. The Hall–Kier alpha value is -4.07. The maximum atomic E-state index is 12.3. The smallest absolute Gasteiger partial charge is 0.413 e. The Morgan fingerprint density at radius 1 is 1.03 bits per heavy atom. The Morgan fingerprint density at radius 3 is 2.49 bits per heavy atom. The van der Waals surface area contributed by atoms with E-state index in [9.17, 15) is 13.2 Å². The highest BCUT2D eigenvalue weighted by Crippen LogP contribution is 2.40. The number of thiazole rings is 1. The van der Waals surface area contributed by atoms with Gasteiger partial charge in [0.15, 0.2) is 5.13 Å². The van der Waals surface area contributed by atoms with Crippen molar-refractivity contribution in [3.05, 3.63) is 66.9 Å². The lowest BCUT2D eigenvalue weighted by Gasteiger charge is -2.18. The summed E-state index contributed by atoms with van der Waals surface area (Å²) in [6.07, 6.45) is 0.847. The van der Waals surface area contributed by atoms with Crippen LogP contribution < -0.4 is 20.5 Å². The number of amides is 1. The molecule has 0 spiro atoms. The van der Waals surface area contributed by atoms with Crippen LogP contribution in [0.15, 0.2) is 71.8 Å². The highest BCUT2D eigenvalue weighted by Gasteiger charge is 2.21. The van der Waals surface area contributed by atoms with Gasteiger partial charge in [-0.3, -0.25) is 5.32 Å². The van der Waals surface area contributed by atoms with E-state index in [2.05, 4.69) is 25.6 Å².